The zero-order chi connectivity index (χ0) is 13.4. The Kier molecular flexibility index (Phi) is 6.04. The van der Waals surface area contributed by atoms with Crippen molar-refractivity contribution in [2.45, 2.75) is 37.9 Å². The molecule has 6 nitrogen and oxygen atoms in total. The molecule has 0 aromatic heterocycles. The lowest BCUT2D eigenvalue weighted by Gasteiger charge is -2.20. The number of ether oxygens (including phenoxy) is 2. The molecule has 0 aromatic carbocycles. The highest BCUT2D eigenvalue weighted by Crippen LogP contribution is 2.16. The van der Waals surface area contributed by atoms with E-state index in [9.17, 15) is 9.59 Å². The topological polar surface area (TPSA) is 76.7 Å². The molecule has 0 fully saturated rings. The van der Waals surface area contributed by atoms with Gasteiger partial charge >= 0.3 is 12.2 Å². The lowest BCUT2D eigenvalue weighted by atomic mass is 10.0. The van der Waals surface area contributed by atoms with Crippen molar-refractivity contribution in [1.29, 1.82) is 0 Å². The van der Waals surface area contributed by atoms with Crippen LogP contribution in [0.4, 0.5) is 9.59 Å². The number of nitrogens with one attached hydrogen (secondary N) is 2. The van der Waals surface area contributed by atoms with Gasteiger partial charge in [-0.3, -0.25) is 0 Å². The average Bonchev–Trinajstić information content (AvgIpc) is 2.36. The van der Waals surface area contributed by atoms with Crippen molar-refractivity contribution in [2.24, 2.45) is 0 Å². The van der Waals surface area contributed by atoms with Crippen LogP contribution in [0.1, 0.15) is 25.7 Å². The number of carbonyl (C=O) groups is 2. The van der Waals surface area contributed by atoms with Gasteiger partial charge in [-0.25, -0.2) is 9.59 Å². The van der Waals surface area contributed by atoms with Crippen LogP contribution in [0.15, 0.2) is 12.2 Å². The van der Waals surface area contributed by atoms with Gasteiger partial charge in [-0.2, -0.15) is 0 Å². The average molecular weight is 256 g/mol. The smallest absolute Gasteiger partial charge is 0.407 e. The summed E-state index contributed by atoms with van der Waals surface area (Å²) in [5.41, 5.74) is 0. The van der Waals surface area contributed by atoms with Crippen molar-refractivity contribution in [3.8, 4) is 0 Å². The summed E-state index contributed by atoms with van der Waals surface area (Å²) >= 11 is 0. The van der Waals surface area contributed by atoms with Crippen LogP contribution in [0, 0.1) is 0 Å². The van der Waals surface area contributed by atoms with Gasteiger partial charge in [-0.05, 0) is 37.8 Å². The number of carbonyl (C=O) groups excluding carboxylic acids is 2. The molecule has 0 aromatic rings. The molecule has 0 aliphatic heterocycles. The highest BCUT2D eigenvalue weighted by molar-refractivity contribution is 5.67. The molecule has 2 amide bonds. The second-order valence-corrected chi connectivity index (χ2v) is 4.06. The maximum Gasteiger partial charge on any atom is 0.407 e. The largest absolute Gasteiger partial charge is 0.442 e. The van der Waals surface area contributed by atoms with Gasteiger partial charge in [0.1, 0.15) is 12.2 Å². The van der Waals surface area contributed by atoms with E-state index in [4.69, 9.17) is 9.47 Å². The molecule has 1 aliphatic rings. The third-order valence-electron chi connectivity index (χ3n) is 2.69. The SMILES string of the molecule is CNC(=O)O[C@@H]1/C=C/[C@@H](OC(=O)NC)CCCC1. The monoisotopic (exact) mass is 256 g/mol. The Morgan fingerprint density at radius 2 is 1.33 bits per heavy atom. The summed E-state index contributed by atoms with van der Waals surface area (Å²) in [6, 6.07) is 0. The fourth-order valence-electron chi connectivity index (χ4n) is 1.72. The fraction of sp³-hybridized carbons (Fsp3) is 0.667. The Morgan fingerprint density at radius 3 is 1.67 bits per heavy atom. The molecule has 18 heavy (non-hydrogen) atoms. The number of alkyl carbamates (subject to hydrolysis) is 2. The summed E-state index contributed by atoms with van der Waals surface area (Å²) in [6.45, 7) is 0. The maximum absolute atomic E-state index is 11.1. The Hall–Kier alpha value is -1.72. The Bertz CT molecular complexity index is 287. The summed E-state index contributed by atoms with van der Waals surface area (Å²) in [7, 11) is 3.04. The summed E-state index contributed by atoms with van der Waals surface area (Å²) in [5.74, 6) is 0. The third-order valence-corrected chi connectivity index (χ3v) is 2.69. The molecule has 0 spiro atoms. The molecule has 1 aliphatic carbocycles. The molecule has 0 saturated carbocycles. The summed E-state index contributed by atoms with van der Waals surface area (Å²) in [4.78, 5) is 22.2. The van der Waals surface area contributed by atoms with E-state index in [0.717, 1.165) is 25.7 Å². The Labute approximate surface area is 107 Å². The van der Waals surface area contributed by atoms with Crippen LogP contribution in [0.25, 0.3) is 0 Å². The van der Waals surface area contributed by atoms with Crippen LogP contribution >= 0.6 is 0 Å². The maximum atomic E-state index is 11.1. The number of hydrogen-bond donors (Lipinski definition) is 2. The molecular weight excluding hydrogens is 236 g/mol. The van der Waals surface area contributed by atoms with Gasteiger partial charge in [0.25, 0.3) is 0 Å². The molecule has 0 heterocycles. The van der Waals surface area contributed by atoms with Crippen LogP contribution in [0.3, 0.4) is 0 Å². The summed E-state index contributed by atoms with van der Waals surface area (Å²) in [5, 5.41) is 4.82. The fourth-order valence-corrected chi connectivity index (χ4v) is 1.72. The molecule has 0 bridgehead atoms. The lowest BCUT2D eigenvalue weighted by molar-refractivity contribution is 0.100. The van der Waals surface area contributed by atoms with E-state index in [1.807, 2.05) is 0 Å². The quantitative estimate of drug-likeness (QED) is 0.735. The number of amides is 2. The van der Waals surface area contributed by atoms with Gasteiger partial charge in [0, 0.05) is 14.1 Å². The van der Waals surface area contributed by atoms with E-state index in [1.165, 1.54) is 14.1 Å². The molecule has 102 valence electrons. The predicted molar refractivity (Wildman–Crippen MR) is 66.3 cm³/mol. The van der Waals surface area contributed by atoms with Gasteiger partial charge in [-0.1, -0.05) is 0 Å². The number of hydrogen-bond acceptors (Lipinski definition) is 4. The second kappa shape index (κ2) is 7.58. The lowest BCUT2D eigenvalue weighted by Crippen LogP contribution is -2.28. The molecule has 0 unspecified atom stereocenters. The van der Waals surface area contributed by atoms with E-state index in [-0.39, 0.29) is 12.2 Å². The zero-order valence-corrected chi connectivity index (χ0v) is 10.8. The summed E-state index contributed by atoms with van der Waals surface area (Å²) in [6.07, 6.45) is 5.57. The van der Waals surface area contributed by atoms with Gasteiger partial charge in [0.2, 0.25) is 0 Å². The molecule has 2 atom stereocenters. The predicted octanol–water partition coefficient (Wildman–Crippen LogP) is 1.57. The van der Waals surface area contributed by atoms with Crippen LogP contribution in [-0.2, 0) is 9.47 Å². The van der Waals surface area contributed by atoms with E-state index in [1.54, 1.807) is 12.2 Å². The number of rotatable bonds is 2. The first-order valence-electron chi connectivity index (χ1n) is 6.10. The van der Waals surface area contributed by atoms with Crippen molar-refractivity contribution < 1.29 is 19.1 Å². The molecular formula is C12H20N2O4. The van der Waals surface area contributed by atoms with Gasteiger partial charge in [0.15, 0.2) is 0 Å². The van der Waals surface area contributed by atoms with Crippen LogP contribution in [0.5, 0.6) is 0 Å². The normalized spacial score (nSPS) is 25.2. The van der Waals surface area contributed by atoms with E-state index < -0.39 is 12.2 Å². The minimum atomic E-state index is -0.450. The highest BCUT2D eigenvalue weighted by Gasteiger charge is 2.17. The van der Waals surface area contributed by atoms with Crippen LogP contribution < -0.4 is 10.6 Å². The van der Waals surface area contributed by atoms with Crippen LogP contribution in [0.2, 0.25) is 0 Å². The summed E-state index contributed by atoms with van der Waals surface area (Å²) < 4.78 is 10.3. The molecule has 6 heteroatoms. The molecule has 0 saturated heterocycles. The minimum Gasteiger partial charge on any atom is -0.442 e. The Balaban J connectivity index is 2.53. The van der Waals surface area contributed by atoms with Crippen molar-refractivity contribution in [3.05, 3.63) is 12.2 Å². The first-order valence-corrected chi connectivity index (χ1v) is 6.10. The Morgan fingerprint density at radius 1 is 0.944 bits per heavy atom. The first-order chi connectivity index (χ1) is 8.65. The van der Waals surface area contributed by atoms with Gasteiger partial charge < -0.3 is 20.1 Å². The van der Waals surface area contributed by atoms with E-state index >= 15 is 0 Å². The third kappa shape index (κ3) is 5.07. The van der Waals surface area contributed by atoms with Gasteiger partial charge in [-0.15, -0.1) is 0 Å². The van der Waals surface area contributed by atoms with Crippen molar-refractivity contribution in [2.75, 3.05) is 14.1 Å². The molecule has 0 radical (unpaired) electrons. The van der Waals surface area contributed by atoms with E-state index in [0.29, 0.717) is 0 Å². The highest BCUT2D eigenvalue weighted by atomic mass is 16.6. The van der Waals surface area contributed by atoms with Crippen molar-refractivity contribution in [1.82, 2.24) is 10.6 Å². The van der Waals surface area contributed by atoms with Gasteiger partial charge in [0.05, 0.1) is 0 Å². The second-order valence-electron chi connectivity index (χ2n) is 4.06. The molecule has 1 rings (SSSR count). The zero-order valence-electron chi connectivity index (χ0n) is 10.8. The van der Waals surface area contributed by atoms with Crippen molar-refractivity contribution >= 4 is 12.2 Å². The molecule has 2 N–H and O–H groups in total. The standard InChI is InChI=1S/C12H20N2O4/c1-13-11(15)17-9-5-3-4-6-10(8-7-9)18-12(16)14-2/h7-10H,3-6H2,1-2H3,(H,13,15)(H,14,16)/b8-7+/t9-,10-/m0/s1. The van der Waals surface area contributed by atoms with Crippen LogP contribution in [-0.4, -0.2) is 38.5 Å². The van der Waals surface area contributed by atoms with Crippen molar-refractivity contribution in [3.63, 3.8) is 0 Å². The minimum absolute atomic E-state index is 0.263. The first kappa shape index (κ1) is 14.3. The van der Waals surface area contributed by atoms with E-state index in [2.05, 4.69) is 10.6 Å².